The first-order chi connectivity index (χ1) is 27.8. The van der Waals surface area contributed by atoms with E-state index in [2.05, 4.69) is 162 Å². The lowest BCUT2D eigenvalue weighted by Gasteiger charge is -2.14. The van der Waals surface area contributed by atoms with Gasteiger partial charge in [0.1, 0.15) is 0 Å². The number of nitrogens with zero attached hydrogens (tertiary/aromatic N) is 4. The van der Waals surface area contributed by atoms with Crippen LogP contribution < -0.4 is 0 Å². The molecule has 0 fully saturated rings. The van der Waals surface area contributed by atoms with Gasteiger partial charge in [-0.2, -0.15) is 0 Å². The smallest absolute Gasteiger partial charge is 0.165 e. The van der Waals surface area contributed by atoms with Crippen molar-refractivity contribution >= 4 is 53.3 Å². The van der Waals surface area contributed by atoms with Crippen LogP contribution in [0.1, 0.15) is 0 Å². The van der Waals surface area contributed by atoms with Crippen LogP contribution in [0.5, 0.6) is 0 Å². The molecular weight excluding hydrogens is 701 g/mol. The second kappa shape index (κ2) is 13.3. The van der Waals surface area contributed by atoms with E-state index < -0.39 is 0 Å². The van der Waals surface area contributed by atoms with Crippen molar-refractivity contribution in [3.63, 3.8) is 0 Å². The molecular formula is C51H32N4S. The Balaban J connectivity index is 1.16. The van der Waals surface area contributed by atoms with Gasteiger partial charge in [0.05, 0.1) is 11.0 Å². The maximum Gasteiger partial charge on any atom is 0.165 e. The summed E-state index contributed by atoms with van der Waals surface area (Å²) in [7, 11) is 0. The van der Waals surface area contributed by atoms with E-state index in [1.807, 2.05) is 47.7 Å². The lowest BCUT2D eigenvalue weighted by atomic mass is 9.98. The van der Waals surface area contributed by atoms with Crippen LogP contribution >= 0.6 is 11.3 Å². The van der Waals surface area contributed by atoms with Crippen LogP contribution in [0.4, 0.5) is 0 Å². The Kier molecular flexibility index (Phi) is 7.64. The van der Waals surface area contributed by atoms with Crippen molar-refractivity contribution in [3.8, 4) is 62.1 Å². The monoisotopic (exact) mass is 732 g/mol. The molecule has 0 aliphatic heterocycles. The van der Waals surface area contributed by atoms with Crippen LogP contribution in [-0.2, 0) is 0 Å². The molecule has 0 atom stereocenters. The number of thiophene rings is 1. The Morgan fingerprint density at radius 2 is 0.839 bits per heavy atom. The minimum absolute atomic E-state index is 0.658. The summed E-state index contributed by atoms with van der Waals surface area (Å²) in [6.07, 6.45) is 0. The van der Waals surface area contributed by atoms with Crippen LogP contribution in [-0.4, -0.2) is 19.5 Å². The van der Waals surface area contributed by atoms with E-state index in [4.69, 9.17) is 15.0 Å². The van der Waals surface area contributed by atoms with Gasteiger partial charge in [0.2, 0.25) is 0 Å². The van der Waals surface area contributed by atoms with Gasteiger partial charge in [0.25, 0.3) is 0 Å². The van der Waals surface area contributed by atoms with Gasteiger partial charge in [-0.05, 0) is 58.7 Å². The average Bonchev–Trinajstić information content (AvgIpc) is 3.83. The number of para-hydroxylation sites is 1. The van der Waals surface area contributed by atoms with Gasteiger partial charge < -0.3 is 4.57 Å². The summed E-state index contributed by atoms with van der Waals surface area (Å²) in [4.78, 5) is 15.2. The van der Waals surface area contributed by atoms with E-state index in [0.29, 0.717) is 17.5 Å². The van der Waals surface area contributed by atoms with Crippen LogP contribution in [0, 0.1) is 0 Å². The number of aromatic nitrogens is 4. The van der Waals surface area contributed by atoms with Gasteiger partial charge in [-0.1, -0.05) is 158 Å². The second-order valence-corrected chi connectivity index (χ2v) is 15.0. The Bertz CT molecular complexity index is 3110. The molecule has 0 radical (unpaired) electrons. The van der Waals surface area contributed by atoms with Crippen molar-refractivity contribution in [2.45, 2.75) is 0 Å². The van der Waals surface area contributed by atoms with Gasteiger partial charge in [0, 0.05) is 53.3 Å². The SMILES string of the molecule is c1ccc(-c2cc(-c3ccccc3)cc(-n3c4ccccc4c4c5sc6c(-c7nc(-c8ccccc8)nc(-c8ccccc8)n7)cccc6c5ccc43)c2)cc1. The molecule has 4 nitrogen and oxygen atoms in total. The third-order valence-corrected chi connectivity index (χ3v) is 11.9. The first-order valence-corrected chi connectivity index (χ1v) is 19.6. The van der Waals surface area contributed by atoms with Gasteiger partial charge in [-0.15, -0.1) is 11.3 Å². The molecule has 0 unspecified atom stereocenters. The molecule has 0 amide bonds. The molecule has 0 aliphatic carbocycles. The highest BCUT2D eigenvalue weighted by Crippen LogP contribution is 2.46. The summed E-state index contributed by atoms with van der Waals surface area (Å²) in [5.74, 6) is 1.98. The highest BCUT2D eigenvalue weighted by molar-refractivity contribution is 7.27. The van der Waals surface area contributed by atoms with Crippen LogP contribution in [0.2, 0.25) is 0 Å². The molecule has 0 bridgehead atoms. The highest BCUT2D eigenvalue weighted by atomic mass is 32.1. The molecule has 3 heterocycles. The summed E-state index contributed by atoms with van der Waals surface area (Å²) in [5.41, 5.74) is 11.1. The summed E-state index contributed by atoms with van der Waals surface area (Å²) in [6, 6.07) is 68.6. The number of rotatable bonds is 6. The molecule has 11 rings (SSSR count). The standard InChI is InChI=1S/C51H32N4S/c1-5-16-33(17-6-1)37-30-38(34-18-7-2-8-19-34)32-39(31-37)55-44-27-14-13-24-42(44)46-45(55)29-28-41-40-25-15-26-43(47(40)56-48(41)46)51-53-49(35-20-9-3-10-21-35)52-50(54-51)36-22-11-4-12-23-36/h1-32H. The van der Waals surface area contributed by atoms with Gasteiger partial charge in [0.15, 0.2) is 17.5 Å². The normalized spacial score (nSPS) is 11.6. The Morgan fingerprint density at radius 3 is 1.45 bits per heavy atom. The van der Waals surface area contributed by atoms with E-state index in [9.17, 15) is 0 Å². The van der Waals surface area contributed by atoms with Crippen LogP contribution in [0.15, 0.2) is 194 Å². The zero-order valence-corrected chi connectivity index (χ0v) is 31.0. The highest BCUT2D eigenvalue weighted by Gasteiger charge is 2.21. The van der Waals surface area contributed by atoms with Crippen molar-refractivity contribution < 1.29 is 0 Å². The minimum atomic E-state index is 0.658. The van der Waals surface area contributed by atoms with Crippen molar-refractivity contribution in [1.29, 1.82) is 0 Å². The fraction of sp³-hybridized carbons (Fsp3) is 0. The van der Waals surface area contributed by atoms with Crippen molar-refractivity contribution in [3.05, 3.63) is 194 Å². The third kappa shape index (κ3) is 5.40. The maximum absolute atomic E-state index is 5.12. The molecule has 0 aliphatic rings. The zero-order chi connectivity index (χ0) is 37.0. The lowest BCUT2D eigenvalue weighted by molar-refractivity contribution is 1.08. The number of hydrogen-bond acceptors (Lipinski definition) is 4. The molecule has 5 heteroatoms. The molecule has 0 spiro atoms. The number of fused-ring (bicyclic) bond motifs is 7. The molecule has 262 valence electrons. The van der Waals surface area contributed by atoms with Crippen LogP contribution in [0.25, 0.3) is 104 Å². The molecule has 8 aromatic carbocycles. The fourth-order valence-corrected chi connectivity index (χ4v) is 9.39. The average molecular weight is 733 g/mol. The van der Waals surface area contributed by atoms with E-state index >= 15 is 0 Å². The van der Waals surface area contributed by atoms with E-state index in [-0.39, 0.29) is 0 Å². The quantitative estimate of drug-likeness (QED) is 0.171. The van der Waals surface area contributed by atoms with E-state index in [1.165, 1.54) is 59.5 Å². The molecule has 0 saturated carbocycles. The van der Waals surface area contributed by atoms with Crippen molar-refractivity contribution in [2.75, 3.05) is 0 Å². The Labute approximate surface area is 327 Å². The van der Waals surface area contributed by atoms with Gasteiger partial charge in [-0.3, -0.25) is 0 Å². The van der Waals surface area contributed by atoms with Crippen molar-refractivity contribution in [1.82, 2.24) is 19.5 Å². The largest absolute Gasteiger partial charge is 0.309 e. The first-order valence-electron chi connectivity index (χ1n) is 18.8. The van der Waals surface area contributed by atoms with Crippen LogP contribution in [0.3, 0.4) is 0 Å². The van der Waals surface area contributed by atoms with Gasteiger partial charge in [-0.25, -0.2) is 15.0 Å². The zero-order valence-electron chi connectivity index (χ0n) is 30.2. The topological polar surface area (TPSA) is 43.6 Å². The molecule has 0 saturated heterocycles. The Hall–Kier alpha value is -7.21. The Morgan fingerprint density at radius 1 is 0.339 bits per heavy atom. The molecule has 11 aromatic rings. The summed E-state index contributed by atoms with van der Waals surface area (Å²) >= 11 is 1.83. The van der Waals surface area contributed by atoms with Gasteiger partial charge >= 0.3 is 0 Å². The lowest BCUT2D eigenvalue weighted by Crippen LogP contribution is -2.00. The third-order valence-electron chi connectivity index (χ3n) is 10.6. The summed E-state index contributed by atoms with van der Waals surface area (Å²) in [6.45, 7) is 0. The molecule has 3 aromatic heterocycles. The fourth-order valence-electron chi connectivity index (χ4n) is 8.03. The van der Waals surface area contributed by atoms with E-state index in [1.54, 1.807) is 0 Å². The van der Waals surface area contributed by atoms with Crippen molar-refractivity contribution in [2.24, 2.45) is 0 Å². The first kappa shape index (κ1) is 32.2. The summed E-state index contributed by atoms with van der Waals surface area (Å²) < 4.78 is 4.86. The minimum Gasteiger partial charge on any atom is -0.309 e. The van der Waals surface area contributed by atoms with E-state index in [0.717, 1.165) is 27.1 Å². The second-order valence-electron chi connectivity index (χ2n) is 14.0. The molecule has 56 heavy (non-hydrogen) atoms. The maximum atomic E-state index is 5.12. The molecule has 0 N–H and O–H groups in total. The predicted octanol–water partition coefficient (Wildman–Crippen LogP) is 13.7. The number of hydrogen-bond donors (Lipinski definition) is 0. The predicted molar refractivity (Wildman–Crippen MR) is 234 cm³/mol. The number of benzene rings is 8. The summed E-state index contributed by atoms with van der Waals surface area (Å²) in [5, 5.41) is 4.90.